The van der Waals surface area contributed by atoms with Gasteiger partial charge in [-0.2, -0.15) is 0 Å². The molecular weight excluding hydrogens is 335 g/mol. The Bertz CT molecular complexity index is 473. The SMILES string of the molecule is O=C(CCN1CCCCCCC1)Nc1ccc(Br)cc1F. The van der Waals surface area contributed by atoms with E-state index < -0.39 is 5.82 Å². The van der Waals surface area contributed by atoms with Gasteiger partial charge in [-0.05, 0) is 44.1 Å². The second-order valence-electron chi connectivity index (χ2n) is 5.53. The summed E-state index contributed by atoms with van der Waals surface area (Å²) in [7, 11) is 0. The zero-order chi connectivity index (χ0) is 15.1. The zero-order valence-electron chi connectivity index (χ0n) is 12.2. The Morgan fingerprint density at radius 2 is 1.86 bits per heavy atom. The Balaban J connectivity index is 1.78. The van der Waals surface area contributed by atoms with Crippen molar-refractivity contribution < 1.29 is 9.18 Å². The molecule has 1 aliphatic heterocycles. The normalized spacial score (nSPS) is 17.0. The molecule has 116 valence electrons. The molecule has 1 aromatic carbocycles. The lowest BCUT2D eigenvalue weighted by molar-refractivity contribution is -0.116. The van der Waals surface area contributed by atoms with E-state index in [1.165, 1.54) is 38.2 Å². The van der Waals surface area contributed by atoms with E-state index in [9.17, 15) is 9.18 Å². The van der Waals surface area contributed by atoms with Crippen LogP contribution in [0.25, 0.3) is 0 Å². The molecule has 0 aromatic heterocycles. The Morgan fingerprint density at radius 1 is 1.19 bits per heavy atom. The third-order valence-corrected chi connectivity index (χ3v) is 4.30. The van der Waals surface area contributed by atoms with Crippen LogP contribution in [0.3, 0.4) is 0 Å². The molecule has 0 unspecified atom stereocenters. The van der Waals surface area contributed by atoms with E-state index in [4.69, 9.17) is 0 Å². The lowest BCUT2D eigenvalue weighted by Crippen LogP contribution is -2.30. The van der Waals surface area contributed by atoms with E-state index in [-0.39, 0.29) is 11.6 Å². The van der Waals surface area contributed by atoms with E-state index in [1.54, 1.807) is 12.1 Å². The first-order valence-corrected chi connectivity index (χ1v) is 8.42. The Hall–Kier alpha value is -0.940. The van der Waals surface area contributed by atoms with Crippen molar-refractivity contribution >= 4 is 27.5 Å². The fraction of sp³-hybridized carbons (Fsp3) is 0.562. The highest BCUT2D eigenvalue weighted by molar-refractivity contribution is 9.10. The summed E-state index contributed by atoms with van der Waals surface area (Å²) in [5.41, 5.74) is 0.246. The molecule has 0 bridgehead atoms. The first kappa shape index (κ1) is 16.4. The number of hydrogen-bond donors (Lipinski definition) is 1. The third kappa shape index (κ3) is 5.75. The number of rotatable bonds is 4. The van der Waals surface area contributed by atoms with E-state index in [0.717, 1.165) is 19.6 Å². The van der Waals surface area contributed by atoms with Crippen LogP contribution >= 0.6 is 15.9 Å². The molecule has 1 fully saturated rings. The minimum atomic E-state index is -0.413. The lowest BCUT2D eigenvalue weighted by atomic mass is 10.1. The lowest BCUT2D eigenvalue weighted by Gasteiger charge is -2.24. The summed E-state index contributed by atoms with van der Waals surface area (Å²) >= 11 is 3.20. The van der Waals surface area contributed by atoms with Gasteiger partial charge in [0.05, 0.1) is 5.69 Å². The predicted octanol–water partition coefficient (Wildman–Crippen LogP) is 4.18. The van der Waals surface area contributed by atoms with Crippen LogP contribution in [0.5, 0.6) is 0 Å². The second kappa shape index (κ2) is 8.49. The number of carbonyl (C=O) groups is 1. The van der Waals surface area contributed by atoms with Crippen molar-refractivity contribution in [2.24, 2.45) is 0 Å². The number of nitrogens with zero attached hydrogens (tertiary/aromatic N) is 1. The summed E-state index contributed by atoms with van der Waals surface area (Å²) in [6.07, 6.45) is 6.73. The van der Waals surface area contributed by atoms with E-state index in [1.807, 2.05) is 0 Å². The van der Waals surface area contributed by atoms with Crippen LogP contribution in [-0.2, 0) is 4.79 Å². The molecule has 1 saturated heterocycles. The summed E-state index contributed by atoms with van der Waals surface area (Å²) in [5.74, 6) is -0.540. The number of hydrogen-bond acceptors (Lipinski definition) is 2. The number of nitrogens with one attached hydrogen (secondary N) is 1. The van der Waals surface area contributed by atoms with Gasteiger partial charge in [-0.3, -0.25) is 4.79 Å². The molecule has 2 rings (SSSR count). The van der Waals surface area contributed by atoms with Crippen molar-refractivity contribution in [3.8, 4) is 0 Å². The molecule has 1 heterocycles. The highest BCUT2D eigenvalue weighted by Gasteiger charge is 2.11. The van der Waals surface area contributed by atoms with Crippen LogP contribution in [0.4, 0.5) is 10.1 Å². The van der Waals surface area contributed by atoms with Gasteiger partial charge in [0.1, 0.15) is 5.82 Å². The summed E-state index contributed by atoms with van der Waals surface area (Å²) in [4.78, 5) is 14.3. The number of amides is 1. The van der Waals surface area contributed by atoms with Crippen LogP contribution < -0.4 is 5.32 Å². The molecule has 3 nitrogen and oxygen atoms in total. The maximum absolute atomic E-state index is 13.6. The number of halogens is 2. The average Bonchev–Trinajstić information content (AvgIpc) is 2.41. The Kier molecular flexibility index (Phi) is 6.64. The maximum atomic E-state index is 13.6. The van der Waals surface area contributed by atoms with Crippen LogP contribution in [0.1, 0.15) is 38.5 Å². The van der Waals surface area contributed by atoms with Gasteiger partial charge in [0.15, 0.2) is 0 Å². The van der Waals surface area contributed by atoms with E-state index in [0.29, 0.717) is 10.9 Å². The molecule has 1 amide bonds. The standard InChI is InChI=1S/C16H22BrFN2O/c17-13-6-7-15(14(18)12-13)19-16(21)8-11-20-9-4-2-1-3-5-10-20/h6-7,12H,1-5,8-11H2,(H,19,21). The van der Waals surface area contributed by atoms with Crippen LogP contribution in [0, 0.1) is 5.82 Å². The first-order chi connectivity index (χ1) is 10.1. The molecule has 1 aliphatic rings. The van der Waals surface area contributed by atoms with Crippen molar-refractivity contribution in [2.45, 2.75) is 38.5 Å². The zero-order valence-corrected chi connectivity index (χ0v) is 13.8. The molecule has 0 atom stereocenters. The monoisotopic (exact) mass is 356 g/mol. The minimum absolute atomic E-state index is 0.127. The highest BCUT2D eigenvalue weighted by Crippen LogP contribution is 2.19. The minimum Gasteiger partial charge on any atom is -0.324 e. The van der Waals surface area contributed by atoms with Crippen LogP contribution in [-0.4, -0.2) is 30.4 Å². The van der Waals surface area contributed by atoms with Gasteiger partial charge < -0.3 is 10.2 Å². The fourth-order valence-corrected chi connectivity index (χ4v) is 2.93. The molecule has 0 saturated carbocycles. The molecule has 5 heteroatoms. The van der Waals surface area contributed by atoms with Crippen molar-refractivity contribution in [1.29, 1.82) is 0 Å². The third-order valence-electron chi connectivity index (χ3n) is 3.81. The highest BCUT2D eigenvalue weighted by atomic mass is 79.9. The number of carbonyl (C=O) groups excluding carboxylic acids is 1. The summed E-state index contributed by atoms with van der Waals surface area (Å²) in [6, 6.07) is 4.65. The maximum Gasteiger partial charge on any atom is 0.225 e. The molecular formula is C16H22BrFN2O. The van der Waals surface area contributed by atoms with E-state index in [2.05, 4.69) is 26.1 Å². The molecule has 0 spiro atoms. The van der Waals surface area contributed by atoms with Gasteiger partial charge in [-0.25, -0.2) is 4.39 Å². The van der Waals surface area contributed by atoms with Gasteiger partial charge in [0, 0.05) is 17.4 Å². The summed E-state index contributed by atoms with van der Waals surface area (Å²) < 4.78 is 14.3. The smallest absolute Gasteiger partial charge is 0.225 e. The van der Waals surface area contributed by atoms with Gasteiger partial charge in [-0.15, -0.1) is 0 Å². The van der Waals surface area contributed by atoms with Crippen molar-refractivity contribution in [2.75, 3.05) is 25.0 Å². The molecule has 0 radical (unpaired) electrons. The number of benzene rings is 1. The largest absolute Gasteiger partial charge is 0.324 e. The predicted molar refractivity (Wildman–Crippen MR) is 86.9 cm³/mol. The van der Waals surface area contributed by atoms with E-state index >= 15 is 0 Å². The topological polar surface area (TPSA) is 32.3 Å². The van der Waals surface area contributed by atoms with Gasteiger partial charge in [-0.1, -0.05) is 35.2 Å². The Labute approximate surface area is 134 Å². The Morgan fingerprint density at radius 3 is 2.52 bits per heavy atom. The summed E-state index contributed by atoms with van der Waals surface area (Å²) in [6.45, 7) is 2.89. The van der Waals surface area contributed by atoms with Crippen LogP contribution in [0.2, 0.25) is 0 Å². The number of anilines is 1. The van der Waals surface area contributed by atoms with Crippen LogP contribution in [0.15, 0.2) is 22.7 Å². The fourth-order valence-electron chi connectivity index (χ4n) is 2.60. The molecule has 1 N–H and O–H groups in total. The van der Waals surface area contributed by atoms with Crippen molar-refractivity contribution in [1.82, 2.24) is 4.90 Å². The molecule has 0 aliphatic carbocycles. The van der Waals surface area contributed by atoms with Gasteiger partial charge in [0.25, 0.3) is 0 Å². The average molecular weight is 357 g/mol. The van der Waals surface area contributed by atoms with Gasteiger partial charge in [0.2, 0.25) is 5.91 Å². The van der Waals surface area contributed by atoms with Gasteiger partial charge >= 0.3 is 0 Å². The quantitative estimate of drug-likeness (QED) is 0.877. The molecule has 21 heavy (non-hydrogen) atoms. The molecule has 1 aromatic rings. The van der Waals surface area contributed by atoms with Crippen molar-refractivity contribution in [3.63, 3.8) is 0 Å². The van der Waals surface area contributed by atoms with Crippen molar-refractivity contribution in [3.05, 3.63) is 28.5 Å². The first-order valence-electron chi connectivity index (χ1n) is 7.62. The second-order valence-corrected chi connectivity index (χ2v) is 6.45. The summed E-state index contributed by atoms with van der Waals surface area (Å²) in [5, 5.41) is 2.64. The number of likely N-dealkylation sites (tertiary alicyclic amines) is 1.